The van der Waals surface area contributed by atoms with E-state index in [0.29, 0.717) is 23.8 Å². The lowest BCUT2D eigenvalue weighted by Gasteiger charge is -2.34. The molecule has 1 fully saturated rings. The Morgan fingerprint density at radius 3 is 2.21 bits per heavy atom. The molecule has 2 atom stereocenters. The molecule has 0 spiro atoms. The van der Waals surface area contributed by atoms with E-state index in [9.17, 15) is 13.2 Å². The van der Waals surface area contributed by atoms with E-state index in [2.05, 4.69) is 5.32 Å². The summed E-state index contributed by atoms with van der Waals surface area (Å²) in [6.45, 7) is 4.37. The lowest BCUT2D eigenvalue weighted by atomic mass is 10.1. The van der Waals surface area contributed by atoms with Crippen LogP contribution in [0.15, 0.2) is 53.4 Å². The van der Waals surface area contributed by atoms with E-state index in [1.807, 2.05) is 13.8 Å². The summed E-state index contributed by atoms with van der Waals surface area (Å²) in [7, 11) is -3.60. The van der Waals surface area contributed by atoms with Crippen molar-refractivity contribution in [3.8, 4) is 0 Å². The van der Waals surface area contributed by atoms with Crippen LogP contribution in [0.25, 0.3) is 0 Å². The van der Waals surface area contributed by atoms with Crippen molar-refractivity contribution >= 4 is 33.2 Å². The van der Waals surface area contributed by atoms with Gasteiger partial charge in [-0.2, -0.15) is 4.31 Å². The second-order valence-electron chi connectivity index (χ2n) is 6.96. The maximum Gasteiger partial charge on any atom is 0.243 e. The highest BCUT2D eigenvalue weighted by Gasteiger charge is 2.32. The first kappa shape index (κ1) is 20.8. The molecule has 28 heavy (non-hydrogen) atoms. The van der Waals surface area contributed by atoms with E-state index in [1.165, 1.54) is 16.4 Å². The number of carbonyl (C=O) groups is 1. The molecule has 1 N–H and O–H groups in total. The molecule has 8 heteroatoms. The summed E-state index contributed by atoms with van der Waals surface area (Å²) < 4.78 is 32.8. The number of rotatable bonds is 5. The van der Waals surface area contributed by atoms with Crippen LogP contribution >= 0.6 is 11.6 Å². The Morgan fingerprint density at radius 2 is 1.64 bits per heavy atom. The molecule has 1 heterocycles. The van der Waals surface area contributed by atoms with E-state index in [4.69, 9.17) is 16.3 Å². The van der Waals surface area contributed by atoms with Crippen molar-refractivity contribution in [3.63, 3.8) is 0 Å². The molecule has 1 aliphatic heterocycles. The topological polar surface area (TPSA) is 75.7 Å². The standard InChI is InChI=1S/C20H23ClN2O4S/c1-14-12-23(13-15(2)27-14)28(25,26)19-9-7-18(8-10-19)22-20(24)11-16-3-5-17(21)6-4-16/h3-10,14-15H,11-13H2,1-2H3,(H,22,24)/t14-,15-/m0/s1. The fourth-order valence-corrected chi connectivity index (χ4v) is 4.90. The Hall–Kier alpha value is -1.93. The Bertz CT molecular complexity index is 920. The van der Waals surface area contributed by atoms with Crippen LogP contribution < -0.4 is 5.32 Å². The van der Waals surface area contributed by atoms with Gasteiger partial charge in [-0.3, -0.25) is 4.79 Å². The zero-order chi connectivity index (χ0) is 20.3. The first-order valence-corrected chi connectivity index (χ1v) is 10.9. The van der Waals surface area contributed by atoms with Crippen molar-refractivity contribution in [1.82, 2.24) is 4.31 Å². The molecule has 0 unspecified atom stereocenters. The van der Waals surface area contributed by atoms with Gasteiger partial charge in [0, 0.05) is 23.8 Å². The van der Waals surface area contributed by atoms with Gasteiger partial charge in [0.1, 0.15) is 0 Å². The third-order valence-electron chi connectivity index (χ3n) is 4.44. The molecule has 6 nitrogen and oxygen atoms in total. The van der Waals surface area contributed by atoms with Gasteiger partial charge in [-0.25, -0.2) is 8.42 Å². The number of morpholine rings is 1. The van der Waals surface area contributed by atoms with E-state index >= 15 is 0 Å². The summed E-state index contributed by atoms with van der Waals surface area (Å²) in [4.78, 5) is 12.4. The average Bonchev–Trinajstić information content (AvgIpc) is 2.63. The highest BCUT2D eigenvalue weighted by atomic mass is 35.5. The number of amides is 1. The predicted octanol–water partition coefficient (Wildman–Crippen LogP) is 3.32. The van der Waals surface area contributed by atoms with Crippen LogP contribution in [0.5, 0.6) is 0 Å². The molecule has 0 bridgehead atoms. The SMILES string of the molecule is C[C@H]1CN(S(=O)(=O)c2ccc(NC(=O)Cc3ccc(Cl)cc3)cc2)C[C@H](C)O1. The number of nitrogens with one attached hydrogen (secondary N) is 1. The first-order chi connectivity index (χ1) is 13.2. The number of carbonyl (C=O) groups excluding carboxylic acids is 1. The smallest absolute Gasteiger partial charge is 0.243 e. The molecule has 1 saturated heterocycles. The van der Waals surface area contributed by atoms with Crippen LogP contribution in [0.2, 0.25) is 5.02 Å². The van der Waals surface area contributed by atoms with Gasteiger partial charge in [-0.15, -0.1) is 0 Å². The Labute approximate surface area is 170 Å². The minimum Gasteiger partial charge on any atom is -0.373 e. The molecule has 0 aliphatic carbocycles. The second-order valence-corrected chi connectivity index (χ2v) is 9.33. The van der Waals surface area contributed by atoms with Gasteiger partial charge in [0.15, 0.2) is 0 Å². The summed E-state index contributed by atoms with van der Waals surface area (Å²) in [6, 6.07) is 13.3. The molecule has 0 aromatic heterocycles. The van der Waals surface area contributed by atoms with Crippen molar-refractivity contribution in [2.45, 2.75) is 37.4 Å². The molecule has 1 amide bonds. The fraction of sp³-hybridized carbons (Fsp3) is 0.350. The second kappa shape index (κ2) is 8.61. The van der Waals surface area contributed by atoms with Crippen molar-refractivity contribution in [3.05, 3.63) is 59.1 Å². The highest BCUT2D eigenvalue weighted by Crippen LogP contribution is 2.22. The molecular formula is C20H23ClN2O4S. The minimum absolute atomic E-state index is 0.148. The molecule has 3 rings (SSSR count). The number of nitrogens with zero attached hydrogens (tertiary/aromatic N) is 1. The molecule has 1 aliphatic rings. The van der Waals surface area contributed by atoms with Gasteiger partial charge < -0.3 is 10.1 Å². The summed E-state index contributed by atoms with van der Waals surface area (Å²) in [5, 5.41) is 3.39. The Balaban J connectivity index is 1.65. The van der Waals surface area contributed by atoms with Crippen molar-refractivity contribution < 1.29 is 17.9 Å². The third kappa shape index (κ3) is 5.11. The van der Waals surface area contributed by atoms with Gasteiger partial charge in [0.2, 0.25) is 15.9 Å². The highest BCUT2D eigenvalue weighted by molar-refractivity contribution is 7.89. The average molecular weight is 423 g/mol. The van der Waals surface area contributed by atoms with Crippen LogP contribution in [-0.4, -0.2) is 43.9 Å². The van der Waals surface area contributed by atoms with E-state index in [1.54, 1.807) is 36.4 Å². The molecular weight excluding hydrogens is 400 g/mol. The van der Waals surface area contributed by atoms with Crippen LogP contribution in [0, 0.1) is 0 Å². The number of sulfonamides is 1. The summed E-state index contributed by atoms with van der Waals surface area (Å²) in [5.74, 6) is -0.186. The maximum atomic E-state index is 12.9. The molecule has 0 saturated carbocycles. The number of benzene rings is 2. The minimum atomic E-state index is -3.60. The molecule has 0 radical (unpaired) electrons. The summed E-state index contributed by atoms with van der Waals surface area (Å²) >= 11 is 5.84. The van der Waals surface area contributed by atoms with Gasteiger partial charge in [0.25, 0.3) is 0 Å². The Morgan fingerprint density at radius 1 is 1.07 bits per heavy atom. The quantitative estimate of drug-likeness (QED) is 0.801. The molecule has 2 aromatic carbocycles. The lowest BCUT2D eigenvalue weighted by Crippen LogP contribution is -2.48. The third-order valence-corrected chi connectivity index (χ3v) is 6.54. The molecule has 2 aromatic rings. The largest absolute Gasteiger partial charge is 0.373 e. The number of anilines is 1. The molecule has 150 valence electrons. The van der Waals surface area contributed by atoms with E-state index in [-0.39, 0.29) is 29.4 Å². The normalized spacial score (nSPS) is 20.7. The van der Waals surface area contributed by atoms with E-state index in [0.717, 1.165) is 5.56 Å². The van der Waals surface area contributed by atoms with Crippen LogP contribution in [-0.2, 0) is 26.0 Å². The number of ether oxygens (including phenoxy) is 1. The van der Waals surface area contributed by atoms with Crippen LogP contribution in [0.1, 0.15) is 19.4 Å². The number of halogens is 1. The Kier molecular flexibility index (Phi) is 6.40. The van der Waals surface area contributed by atoms with Crippen LogP contribution in [0.3, 0.4) is 0 Å². The van der Waals surface area contributed by atoms with Crippen molar-refractivity contribution in [1.29, 1.82) is 0 Å². The monoisotopic (exact) mass is 422 g/mol. The van der Waals surface area contributed by atoms with Gasteiger partial charge in [-0.05, 0) is 55.8 Å². The predicted molar refractivity (Wildman–Crippen MR) is 109 cm³/mol. The zero-order valence-electron chi connectivity index (χ0n) is 15.8. The van der Waals surface area contributed by atoms with Crippen molar-refractivity contribution in [2.75, 3.05) is 18.4 Å². The van der Waals surface area contributed by atoms with Gasteiger partial charge in [-0.1, -0.05) is 23.7 Å². The van der Waals surface area contributed by atoms with Gasteiger partial charge >= 0.3 is 0 Å². The zero-order valence-corrected chi connectivity index (χ0v) is 17.3. The first-order valence-electron chi connectivity index (χ1n) is 9.04. The van der Waals surface area contributed by atoms with Gasteiger partial charge in [0.05, 0.1) is 23.5 Å². The summed E-state index contributed by atoms with van der Waals surface area (Å²) in [5.41, 5.74) is 1.39. The maximum absolute atomic E-state index is 12.9. The fourth-order valence-electron chi connectivity index (χ4n) is 3.18. The van der Waals surface area contributed by atoms with E-state index < -0.39 is 10.0 Å². The van der Waals surface area contributed by atoms with Crippen molar-refractivity contribution in [2.24, 2.45) is 0 Å². The summed E-state index contributed by atoms with van der Waals surface area (Å²) in [6.07, 6.45) is -0.0873. The lowest BCUT2D eigenvalue weighted by molar-refractivity contribution is -0.115. The number of hydrogen-bond acceptors (Lipinski definition) is 4. The van der Waals surface area contributed by atoms with Crippen LogP contribution in [0.4, 0.5) is 5.69 Å². The number of hydrogen-bond donors (Lipinski definition) is 1.